The van der Waals surface area contributed by atoms with Gasteiger partial charge >= 0.3 is 12.1 Å². The first kappa shape index (κ1) is 21.9. The summed E-state index contributed by atoms with van der Waals surface area (Å²) in [4.78, 5) is 28.6. The van der Waals surface area contributed by atoms with Gasteiger partial charge in [0, 0.05) is 16.5 Å². The van der Waals surface area contributed by atoms with Crippen LogP contribution in [0, 0.1) is 0 Å². The summed E-state index contributed by atoms with van der Waals surface area (Å²) >= 11 is 11.8. The van der Waals surface area contributed by atoms with Gasteiger partial charge in [0.15, 0.2) is 12.8 Å². The fraction of sp³-hybridized carbons (Fsp3) is 0.529. The number of rotatable bonds is 5. The predicted octanol–water partition coefficient (Wildman–Crippen LogP) is 4.56. The summed E-state index contributed by atoms with van der Waals surface area (Å²) < 4.78 is 16.0. The summed E-state index contributed by atoms with van der Waals surface area (Å²) in [5.41, 5.74) is 8.00. The lowest BCUT2D eigenvalue weighted by atomic mass is 10.2. The van der Waals surface area contributed by atoms with Crippen molar-refractivity contribution in [3.8, 4) is 5.75 Å². The van der Waals surface area contributed by atoms with Gasteiger partial charge in [0.25, 0.3) is 0 Å². The molecule has 1 heterocycles. The van der Waals surface area contributed by atoms with Gasteiger partial charge < -0.3 is 14.2 Å². The van der Waals surface area contributed by atoms with Crippen LogP contribution in [-0.2, 0) is 14.3 Å². The number of amides is 1. The highest BCUT2D eigenvalue weighted by atomic mass is 35.5. The van der Waals surface area contributed by atoms with Crippen LogP contribution in [0.3, 0.4) is 0 Å². The van der Waals surface area contributed by atoms with E-state index in [1.165, 1.54) is 17.0 Å². The number of carbonyl (C=O) groups excluding carboxylic acids is 2. The number of ether oxygens (including phenoxy) is 3. The fourth-order valence-corrected chi connectivity index (χ4v) is 2.95. The number of halogens is 2. The molecule has 2 rings (SSSR count). The van der Waals surface area contributed by atoms with Crippen LogP contribution in [0.2, 0.25) is 10.0 Å². The highest BCUT2D eigenvalue weighted by Gasteiger charge is 2.41. The van der Waals surface area contributed by atoms with E-state index in [-0.39, 0.29) is 17.3 Å². The molecular weight excluding hydrogens is 411 g/mol. The fourth-order valence-electron chi connectivity index (χ4n) is 2.49. The Morgan fingerprint density at radius 1 is 1.36 bits per heavy atom. The van der Waals surface area contributed by atoms with Gasteiger partial charge in [0.2, 0.25) is 0 Å². The molecule has 0 N–H and O–H groups in total. The minimum atomic E-state index is -1.08. The number of hydrogen-bond donors (Lipinski definition) is 0. The van der Waals surface area contributed by atoms with Crippen molar-refractivity contribution >= 4 is 35.3 Å². The van der Waals surface area contributed by atoms with Crippen LogP contribution in [-0.4, -0.2) is 48.0 Å². The van der Waals surface area contributed by atoms with Crippen LogP contribution in [0.25, 0.3) is 10.4 Å². The Kier molecular flexibility index (Phi) is 7.23. The Morgan fingerprint density at radius 2 is 2.07 bits per heavy atom. The van der Waals surface area contributed by atoms with E-state index >= 15 is 0 Å². The lowest BCUT2D eigenvalue weighted by molar-refractivity contribution is -0.158. The molecule has 1 unspecified atom stereocenters. The Bertz CT molecular complexity index is 792. The molecule has 152 valence electrons. The highest BCUT2D eigenvalue weighted by molar-refractivity contribution is 6.35. The zero-order valence-electron chi connectivity index (χ0n) is 15.6. The molecule has 1 saturated heterocycles. The predicted molar refractivity (Wildman–Crippen MR) is 102 cm³/mol. The quantitative estimate of drug-likeness (QED) is 0.293. The van der Waals surface area contributed by atoms with Gasteiger partial charge in [-0.2, -0.15) is 0 Å². The van der Waals surface area contributed by atoms with E-state index in [4.69, 9.17) is 42.9 Å². The first-order chi connectivity index (χ1) is 13.1. The minimum absolute atomic E-state index is 0.223. The summed E-state index contributed by atoms with van der Waals surface area (Å²) in [6.45, 7) is 4.92. The molecule has 0 spiro atoms. The maximum absolute atomic E-state index is 12.4. The second-order valence-corrected chi connectivity index (χ2v) is 7.82. The summed E-state index contributed by atoms with van der Waals surface area (Å²) in [7, 11) is 0. The molecule has 0 radical (unpaired) electrons. The summed E-state index contributed by atoms with van der Waals surface area (Å²) in [5.74, 6) is -0.505. The Morgan fingerprint density at radius 3 is 2.68 bits per heavy atom. The first-order valence-electron chi connectivity index (χ1n) is 8.42. The van der Waals surface area contributed by atoms with Gasteiger partial charge in [0.1, 0.15) is 11.4 Å². The SMILES string of the molecule is CC(C)(C)OC(=O)N1CC[C@@H](N=[N+]=[N-])C1OC(=O)COc1ccc(Cl)cc1Cl. The molecule has 1 fully saturated rings. The van der Waals surface area contributed by atoms with Crippen molar-refractivity contribution in [2.75, 3.05) is 13.2 Å². The van der Waals surface area contributed by atoms with Gasteiger partial charge in [-0.1, -0.05) is 28.3 Å². The largest absolute Gasteiger partial charge is 0.480 e. The molecule has 11 heteroatoms. The molecule has 0 bridgehead atoms. The van der Waals surface area contributed by atoms with E-state index in [0.29, 0.717) is 11.4 Å². The molecule has 1 amide bonds. The van der Waals surface area contributed by atoms with E-state index in [2.05, 4.69) is 10.0 Å². The van der Waals surface area contributed by atoms with Crippen molar-refractivity contribution < 1.29 is 23.8 Å². The van der Waals surface area contributed by atoms with Crippen LogP contribution in [0.4, 0.5) is 4.79 Å². The standard InChI is InChI=1S/C17H20Cl2N4O5/c1-17(2,3)28-16(25)23-7-6-12(21-22-20)15(23)27-14(24)9-26-13-5-4-10(18)8-11(13)19/h4-5,8,12,15H,6-7,9H2,1-3H3/t12-,15?/m1/s1. The van der Waals surface area contributed by atoms with Gasteiger partial charge in [-0.15, -0.1) is 0 Å². The third-order valence-electron chi connectivity index (χ3n) is 3.62. The molecule has 0 aromatic heterocycles. The van der Waals surface area contributed by atoms with Crippen molar-refractivity contribution in [1.29, 1.82) is 0 Å². The third-order valence-corrected chi connectivity index (χ3v) is 4.15. The van der Waals surface area contributed by atoms with Crippen LogP contribution >= 0.6 is 23.2 Å². The van der Waals surface area contributed by atoms with Crippen molar-refractivity contribution in [3.05, 3.63) is 38.7 Å². The maximum atomic E-state index is 12.4. The van der Waals surface area contributed by atoms with Crippen molar-refractivity contribution in [1.82, 2.24) is 4.90 Å². The number of hydrogen-bond acceptors (Lipinski definition) is 6. The number of azide groups is 1. The van der Waals surface area contributed by atoms with E-state index < -0.39 is 36.5 Å². The van der Waals surface area contributed by atoms with Crippen LogP contribution in [0.15, 0.2) is 23.3 Å². The monoisotopic (exact) mass is 430 g/mol. The summed E-state index contributed by atoms with van der Waals surface area (Å²) in [6, 6.07) is 3.83. The van der Waals surface area contributed by atoms with E-state index in [0.717, 1.165) is 0 Å². The van der Waals surface area contributed by atoms with Gasteiger partial charge in [0.05, 0.1) is 11.1 Å². The third kappa shape index (κ3) is 6.09. The second kappa shape index (κ2) is 9.23. The van der Waals surface area contributed by atoms with Crippen molar-refractivity contribution in [2.24, 2.45) is 5.11 Å². The van der Waals surface area contributed by atoms with Crippen LogP contribution < -0.4 is 4.74 Å². The molecule has 1 aliphatic heterocycles. The molecule has 28 heavy (non-hydrogen) atoms. The maximum Gasteiger partial charge on any atom is 0.413 e. The number of benzene rings is 1. The molecule has 1 aromatic carbocycles. The molecule has 1 aromatic rings. The van der Waals surface area contributed by atoms with E-state index in [9.17, 15) is 9.59 Å². The van der Waals surface area contributed by atoms with Crippen LogP contribution in [0.5, 0.6) is 5.75 Å². The van der Waals surface area contributed by atoms with Gasteiger partial charge in [-0.05, 0) is 50.9 Å². The summed E-state index contributed by atoms with van der Waals surface area (Å²) in [6.07, 6.45) is -1.41. The van der Waals surface area contributed by atoms with Crippen molar-refractivity contribution in [2.45, 2.75) is 45.1 Å². The molecular formula is C17H20Cl2N4O5. The Labute approximate surface area is 172 Å². The molecule has 0 saturated carbocycles. The van der Waals surface area contributed by atoms with E-state index in [1.807, 2.05) is 0 Å². The zero-order chi connectivity index (χ0) is 20.9. The lowest BCUT2D eigenvalue weighted by Crippen LogP contribution is -2.45. The first-order valence-corrected chi connectivity index (χ1v) is 9.17. The average molecular weight is 431 g/mol. The second-order valence-electron chi connectivity index (χ2n) is 6.98. The van der Waals surface area contributed by atoms with Crippen LogP contribution in [0.1, 0.15) is 27.2 Å². The average Bonchev–Trinajstić information content (AvgIpc) is 2.95. The summed E-state index contributed by atoms with van der Waals surface area (Å²) in [5, 5.41) is 4.27. The normalized spacial score (nSPS) is 19.0. The number of nitrogens with zero attached hydrogens (tertiary/aromatic N) is 4. The van der Waals surface area contributed by atoms with Gasteiger partial charge in [-0.25, -0.2) is 9.59 Å². The lowest BCUT2D eigenvalue weighted by Gasteiger charge is -2.29. The number of carbonyl (C=O) groups is 2. The molecule has 0 aliphatic carbocycles. The zero-order valence-corrected chi connectivity index (χ0v) is 17.1. The highest BCUT2D eigenvalue weighted by Crippen LogP contribution is 2.28. The Hall–Kier alpha value is -2.35. The Balaban J connectivity index is 2.04. The number of esters is 1. The van der Waals surface area contributed by atoms with E-state index in [1.54, 1.807) is 26.8 Å². The molecule has 9 nitrogen and oxygen atoms in total. The van der Waals surface area contributed by atoms with Crippen molar-refractivity contribution in [3.63, 3.8) is 0 Å². The molecule has 1 aliphatic rings. The smallest absolute Gasteiger partial charge is 0.413 e. The topological polar surface area (TPSA) is 114 Å². The molecule has 2 atom stereocenters. The van der Waals surface area contributed by atoms with Gasteiger partial charge in [-0.3, -0.25) is 4.90 Å². The number of likely N-dealkylation sites (tertiary alicyclic amines) is 1. The minimum Gasteiger partial charge on any atom is -0.480 e.